The van der Waals surface area contributed by atoms with E-state index in [1.54, 1.807) is 0 Å². The summed E-state index contributed by atoms with van der Waals surface area (Å²) in [5, 5.41) is 3.07. The van der Waals surface area contributed by atoms with Crippen molar-refractivity contribution in [3.8, 4) is 0 Å². The highest BCUT2D eigenvalue weighted by Crippen LogP contribution is 1.86. The molecule has 0 aliphatic heterocycles. The monoisotopic (exact) mass is 188 g/mol. The number of unbranched alkanes of at least 4 members (excludes halogenated alkanes) is 1. The summed E-state index contributed by atoms with van der Waals surface area (Å²) in [7, 11) is 0. The van der Waals surface area contributed by atoms with Gasteiger partial charge in [-0.2, -0.15) is 0 Å². The van der Waals surface area contributed by atoms with Crippen LogP contribution in [0.25, 0.3) is 0 Å². The molecule has 0 radical (unpaired) electrons. The Balaban J connectivity index is 2.87. The number of nitrogens with one attached hydrogen (secondary N) is 1. The average Bonchev–Trinajstić information content (AvgIpc) is 2.09. The van der Waals surface area contributed by atoms with Gasteiger partial charge in [-0.1, -0.05) is 13.3 Å². The van der Waals surface area contributed by atoms with Gasteiger partial charge in [0.2, 0.25) is 5.91 Å². The predicted octanol–water partition coefficient (Wildman–Crippen LogP) is 0.268. The number of carbonyl (C=O) groups is 1. The lowest BCUT2D eigenvalue weighted by molar-refractivity contribution is -0.117. The van der Waals surface area contributed by atoms with Crippen molar-refractivity contribution in [2.75, 3.05) is 26.3 Å². The van der Waals surface area contributed by atoms with Gasteiger partial charge in [0, 0.05) is 26.1 Å². The van der Waals surface area contributed by atoms with E-state index in [1.807, 2.05) is 0 Å². The molecule has 13 heavy (non-hydrogen) atoms. The summed E-state index contributed by atoms with van der Waals surface area (Å²) in [6.07, 6.45) is 2.67. The van der Waals surface area contributed by atoms with Crippen molar-refractivity contribution in [2.24, 2.45) is 5.73 Å². The summed E-state index contributed by atoms with van der Waals surface area (Å²) in [4.78, 5) is 10.3. The van der Waals surface area contributed by atoms with Gasteiger partial charge in [-0.15, -0.1) is 0 Å². The first-order chi connectivity index (χ1) is 6.27. The van der Waals surface area contributed by atoms with E-state index in [1.165, 1.54) is 0 Å². The van der Waals surface area contributed by atoms with E-state index in [0.717, 1.165) is 26.0 Å². The van der Waals surface area contributed by atoms with Crippen LogP contribution in [-0.4, -0.2) is 32.2 Å². The van der Waals surface area contributed by atoms with Crippen molar-refractivity contribution >= 4 is 5.91 Å². The van der Waals surface area contributed by atoms with E-state index >= 15 is 0 Å². The molecule has 0 aromatic heterocycles. The summed E-state index contributed by atoms with van der Waals surface area (Å²) in [5.41, 5.74) is 4.96. The SMILES string of the molecule is CCCCOCCNCCC(N)=O. The number of hydrogen-bond donors (Lipinski definition) is 2. The van der Waals surface area contributed by atoms with E-state index in [-0.39, 0.29) is 5.91 Å². The molecule has 0 heterocycles. The molecular formula is C9H20N2O2. The molecule has 0 spiro atoms. The third-order valence-electron chi connectivity index (χ3n) is 1.61. The Morgan fingerprint density at radius 3 is 2.77 bits per heavy atom. The lowest BCUT2D eigenvalue weighted by Gasteiger charge is -2.04. The lowest BCUT2D eigenvalue weighted by Crippen LogP contribution is -2.25. The molecule has 3 N–H and O–H groups in total. The molecule has 78 valence electrons. The van der Waals surface area contributed by atoms with Crippen LogP contribution in [-0.2, 0) is 9.53 Å². The fourth-order valence-corrected chi connectivity index (χ4v) is 0.829. The highest BCUT2D eigenvalue weighted by atomic mass is 16.5. The van der Waals surface area contributed by atoms with Gasteiger partial charge >= 0.3 is 0 Å². The van der Waals surface area contributed by atoms with Crippen LogP contribution in [0.2, 0.25) is 0 Å². The fraction of sp³-hybridized carbons (Fsp3) is 0.889. The predicted molar refractivity (Wildman–Crippen MR) is 52.4 cm³/mol. The summed E-state index contributed by atoms with van der Waals surface area (Å²) in [6.45, 7) is 5.10. The Kier molecular flexibility index (Phi) is 9.03. The summed E-state index contributed by atoms with van der Waals surface area (Å²) >= 11 is 0. The van der Waals surface area contributed by atoms with Gasteiger partial charge in [0.05, 0.1) is 6.61 Å². The van der Waals surface area contributed by atoms with E-state index in [9.17, 15) is 4.79 Å². The third kappa shape index (κ3) is 11.4. The van der Waals surface area contributed by atoms with Gasteiger partial charge < -0.3 is 15.8 Å². The highest BCUT2D eigenvalue weighted by molar-refractivity contribution is 5.73. The molecular weight excluding hydrogens is 168 g/mol. The van der Waals surface area contributed by atoms with Crippen molar-refractivity contribution < 1.29 is 9.53 Å². The average molecular weight is 188 g/mol. The zero-order chi connectivity index (χ0) is 9.94. The molecule has 4 heteroatoms. The van der Waals surface area contributed by atoms with Gasteiger partial charge in [-0.3, -0.25) is 4.79 Å². The number of nitrogens with two attached hydrogens (primary N) is 1. The van der Waals surface area contributed by atoms with Gasteiger partial charge in [-0.05, 0) is 6.42 Å². The van der Waals surface area contributed by atoms with Crippen molar-refractivity contribution in [3.63, 3.8) is 0 Å². The van der Waals surface area contributed by atoms with E-state index < -0.39 is 0 Å². The van der Waals surface area contributed by atoms with Gasteiger partial charge in [-0.25, -0.2) is 0 Å². The number of rotatable bonds is 9. The Labute approximate surface area is 79.8 Å². The molecule has 0 fully saturated rings. The van der Waals surface area contributed by atoms with Crippen LogP contribution in [0.1, 0.15) is 26.2 Å². The molecule has 0 saturated heterocycles. The second-order valence-corrected chi connectivity index (χ2v) is 2.93. The first kappa shape index (κ1) is 12.4. The molecule has 0 unspecified atom stereocenters. The second kappa shape index (κ2) is 9.48. The van der Waals surface area contributed by atoms with Gasteiger partial charge in [0.1, 0.15) is 0 Å². The van der Waals surface area contributed by atoms with Crippen LogP contribution in [0.4, 0.5) is 0 Å². The Morgan fingerprint density at radius 2 is 2.15 bits per heavy atom. The van der Waals surface area contributed by atoms with Crippen molar-refractivity contribution in [3.05, 3.63) is 0 Å². The van der Waals surface area contributed by atoms with Gasteiger partial charge in [0.25, 0.3) is 0 Å². The normalized spacial score (nSPS) is 10.2. The first-order valence-electron chi connectivity index (χ1n) is 4.84. The van der Waals surface area contributed by atoms with E-state index in [2.05, 4.69) is 12.2 Å². The number of carbonyl (C=O) groups excluding carboxylic acids is 1. The molecule has 0 bridgehead atoms. The Bertz CT molecular complexity index is 129. The van der Waals surface area contributed by atoms with Crippen molar-refractivity contribution in [2.45, 2.75) is 26.2 Å². The van der Waals surface area contributed by atoms with Crippen LogP contribution < -0.4 is 11.1 Å². The number of ether oxygens (including phenoxy) is 1. The van der Waals surface area contributed by atoms with Gasteiger partial charge in [0.15, 0.2) is 0 Å². The van der Waals surface area contributed by atoms with Crippen LogP contribution in [0.5, 0.6) is 0 Å². The zero-order valence-electron chi connectivity index (χ0n) is 8.34. The molecule has 4 nitrogen and oxygen atoms in total. The van der Waals surface area contributed by atoms with Crippen LogP contribution >= 0.6 is 0 Å². The molecule has 0 rings (SSSR count). The molecule has 0 aromatic carbocycles. The minimum atomic E-state index is -0.264. The molecule has 0 aliphatic rings. The van der Waals surface area contributed by atoms with Crippen LogP contribution in [0.15, 0.2) is 0 Å². The smallest absolute Gasteiger partial charge is 0.218 e. The maximum atomic E-state index is 10.3. The molecule has 0 aromatic rings. The molecule has 0 saturated carbocycles. The fourth-order valence-electron chi connectivity index (χ4n) is 0.829. The Morgan fingerprint density at radius 1 is 1.38 bits per heavy atom. The molecule has 1 amide bonds. The summed E-state index contributed by atoms with van der Waals surface area (Å²) < 4.78 is 5.30. The highest BCUT2D eigenvalue weighted by Gasteiger charge is 1.92. The van der Waals surface area contributed by atoms with Crippen LogP contribution in [0, 0.1) is 0 Å². The summed E-state index contributed by atoms with van der Waals surface area (Å²) in [5.74, 6) is -0.264. The third-order valence-corrected chi connectivity index (χ3v) is 1.61. The molecule has 0 atom stereocenters. The number of hydrogen-bond acceptors (Lipinski definition) is 3. The second-order valence-electron chi connectivity index (χ2n) is 2.93. The lowest BCUT2D eigenvalue weighted by atomic mass is 10.4. The minimum Gasteiger partial charge on any atom is -0.380 e. The minimum absolute atomic E-state index is 0.264. The number of primary amides is 1. The Hall–Kier alpha value is -0.610. The maximum absolute atomic E-state index is 10.3. The van der Waals surface area contributed by atoms with E-state index in [4.69, 9.17) is 10.5 Å². The summed E-state index contributed by atoms with van der Waals surface area (Å²) in [6, 6.07) is 0. The zero-order valence-corrected chi connectivity index (χ0v) is 8.34. The number of amides is 1. The standard InChI is InChI=1S/C9H20N2O2/c1-2-3-7-13-8-6-11-5-4-9(10)12/h11H,2-8H2,1H3,(H2,10,12). The largest absolute Gasteiger partial charge is 0.380 e. The van der Waals surface area contributed by atoms with E-state index in [0.29, 0.717) is 19.6 Å². The first-order valence-corrected chi connectivity index (χ1v) is 4.84. The molecule has 0 aliphatic carbocycles. The van der Waals surface area contributed by atoms with Crippen molar-refractivity contribution in [1.29, 1.82) is 0 Å². The van der Waals surface area contributed by atoms with Crippen molar-refractivity contribution in [1.82, 2.24) is 5.32 Å². The quantitative estimate of drug-likeness (QED) is 0.510. The topological polar surface area (TPSA) is 64.3 Å². The maximum Gasteiger partial charge on any atom is 0.218 e. The van der Waals surface area contributed by atoms with Crippen LogP contribution in [0.3, 0.4) is 0 Å².